The van der Waals surface area contributed by atoms with Gasteiger partial charge < -0.3 is 10.7 Å². The van der Waals surface area contributed by atoms with Gasteiger partial charge in [0.05, 0.1) is 0 Å². The van der Waals surface area contributed by atoms with Crippen LogP contribution in [0.5, 0.6) is 0 Å². The Labute approximate surface area is 89.5 Å². The van der Waals surface area contributed by atoms with Gasteiger partial charge in [-0.15, -0.1) is 0 Å². The topological polar surface area (TPSA) is 41.8 Å². The largest absolute Gasteiger partial charge is 0.361 e. The van der Waals surface area contributed by atoms with E-state index in [2.05, 4.69) is 17.1 Å². The summed E-state index contributed by atoms with van der Waals surface area (Å²) >= 11 is 0. The van der Waals surface area contributed by atoms with Crippen LogP contribution in [-0.4, -0.2) is 4.98 Å². The highest BCUT2D eigenvalue weighted by Crippen LogP contribution is 2.30. The third kappa shape index (κ3) is 1.29. The van der Waals surface area contributed by atoms with E-state index < -0.39 is 0 Å². The Bertz CT molecular complexity index is 508. The number of hydrogen-bond acceptors (Lipinski definition) is 1. The summed E-state index contributed by atoms with van der Waals surface area (Å²) in [5.74, 6) is 0. The van der Waals surface area contributed by atoms with Gasteiger partial charge in [-0.2, -0.15) is 0 Å². The van der Waals surface area contributed by atoms with Crippen LogP contribution in [0.1, 0.15) is 36.1 Å². The first-order valence-corrected chi connectivity index (χ1v) is 5.64. The molecular weight excluding hydrogens is 184 g/mol. The Balaban J connectivity index is 2.27. The maximum absolute atomic E-state index is 5.95. The molecule has 78 valence electrons. The second-order valence-electron chi connectivity index (χ2n) is 4.55. The summed E-state index contributed by atoms with van der Waals surface area (Å²) in [6.07, 6.45) is 5.81. The van der Waals surface area contributed by atoms with Gasteiger partial charge in [-0.1, -0.05) is 0 Å². The molecule has 0 amide bonds. The molecule has 1 heterocycles. The van der Waals surface area contributed by atoms with E-state index in [1.807, 2.05) is 13.1 Å². The molecule has 0 spiro atoms. The zero-order chi connectivity index (χ0) is 10.4. The van der Waals surface area contributed by atoms with E-state index in [0.717, 1.165) is 0 Å². The molecule has 2 nitrogen and oxygen atoms in total. The van der Waals surface area contributed by atoms with Crippen LogP contribution in [0.25, 0.3) is 10.9 Å². The highest BCUT2D eigenvalue weighted by atomic mass is 14.7. The Kier molecular flexibility index (Phi) is 1.86. The normalized spacial score (nSPS) is 16.9. The lowest BCUT2D eigenvalue weighted by atomic mass is 10.0. The number of nitrogens with one attached hydrogen (secondary N) is 1. The van der Waals surface area contributed by atoms with E-state index in [-0.39, 0.29) is 6.04 Å². The number of hydrogen-bond donors (Lipinski definition) is 2. The third-order valence-corrected chi connectivity index (χ3v) is 3.42. The minimum absolute atomic E-state index is 0.109. The van der Waals surface area contributed by atoms with E-state index >= 15 is 0 Å². The van der Waals surface area contributed by atoms with Crippen molar-refractivity contribution in [2.45, 2.75) is 32.2 Å². The molecule has 1 aliphatic carbocycles. The number of fused-ring (bicyclic) bond motifs is 2. The predicted molar refractivity (Wildman–Crippen MR) is 62.9 cm³/mol. The van der Waals surface area contributed by atoms with Gasteiger partial charge in [-0.05, 0) is 55.0 Å². The average Bonchev–Trinajstić information content (AvgIpc) is 2.77. The fourth-order valence-electron chi connectivity index (χ4n) is 2.59. The summed E-state index contributed by atoms with van der Waals surface area (Å²) in [4.78, 5) is 3.32. The summed E-state index contributed by atoms with van der Waals surface area (Å²) in [6, 6.07) is 4.73. The summed E-state index contributed by atoms with van der Waals surface area (Å²) in [5.41, 5.74) is 11.5. The summed E-state index contributed by atoms with van der Waals surface area (Å²) in [5, 5.41) is 1.31. The molecule has 0 aliphatic heterocycles. The first-order chi connectivity index (χ1) is 7.25. The Morgan fingerprint density at radius 1 is 1.27 bits per heavy atom. The summed E-state index contributed by atoms with van der Waals surface area (Å²) in [6.45, 7) is 2.04. The van der Waals surface area contributed by atoms with Crippen molar-refractivity contribution in [3.8, 4) is 0 Å². The number of nitrogens with two attached hydrogens (primary N) is 1. The van der Waals surface area contributed by atoms with Crippen molar-refractivity contribution in [1.29, 1.82) is 0 Å². The molecule has 1 atom stereocenters. The van der Waals surface area contributed by atoms with Crippen LogP contribution in [0, 0.1) is 0 Å². The molecule has 1 aromatic heterocycles. The number of aromatic nitrogens is 1. The van der Waals surface area contributed by atoms with Crippen LogP contribution in [0.4, 0.5) is 0 Å². The van der Waals surface area contributed by atoms with E-state index in [1.165, 1.54) is 46.9 Å². The molecule has 0 saturated heterocycles. The van der Waals surface area contributed by atoms with Crippen molar-refractivity contribution in [3.05, 3.63) is 35.0 Å². The molecule has 0 fully saturated rings. The highest BCUT2D eigenvalue weighted by Gasteiger charge is 2.14. The molecule has 2 heteroatoms. The van der Waals surface area contributed by atoms with Crippen molar-refractivity contribution >= 4 is 10.9 Å². The molecule has 1 aromatic carbocycles. The van der Waals surface area contributed by atoms with Crippen LogP contribution >= 0.6 is 0 Å². The van der Waals surface area contributed by atoms with Gasteiger partial charge in [0.15, 0.2) is 0 Å². The zero-order valence-corrected chi connectivity index (χ0v) is 9.01. The van der Waals surface area contributed by atoms with Crippen molar-refractivity contribution < 1.29 is 0 Å². The molecule has 0 saturated carbocycles. The molecule has 3 rings (SSSR count). The first-order valence-electron chi connectivity index (χ1n) is 5.64. The fraction of sp³-hybridized carbons (Fsp3) is 0.385. The smallest absolute Gasteiger partial charge is 0.0460 e. The molecule has 1 aliphatic rings. The second-order valence-corrected chi connectivity index (χ2v) is 4.55. The van der Waals surface area contributed by atoms with Crippen molar-refractivity contribution in [3.63, 3.8) is 0 Å². The van der Waals surface area contributed by atoms with Gasteiger partial charge in [0.2, 0.25) is 0 Å². The summed E-state index contributed by atoms with van der Waals surface area (Å²) in [7, 11) is 0. The lowest BCUT2D eigenvalue weighted by Gasteiger charge is -2.04. The Morgan fingerprint density at radius 3 is 2.73 bits per heavy atom. The maximum atomic E-state index is 5.95. The van der Waals surface area contributed by atoms with Gasteiger partial charge in [0, 0.05) is 23.1 Å². The maximum Gasteiger partial charge on any atom is 0.0460 e. The van der Waals surface area contributed by atoms with Gasteiger partial charge in [-0.3, -0.25) is 0 Å². The average molecular weight is 200 g/mol. The SMILES string of the molecule is CC(N)c1c[nH]c2cc3c(cc12)CCC3. The molecule has 3 N–H and O–H groups in total. The Morgan fingerprint density at radius 2 is 2.00 bits per heavy atom. The number of aromatic amines is 1. The van der Waals surface area contributed by atoms with E-state index in [9.17, 15) is 0 Å². The van der Waals surface area contributed by atoms with Crippen LogP contribution in [0.15, 0.2) is 18.3 Å². The monoisotopic (exact) mass is 200 g/mol. The zero-order valence-electron chi connectivity index (χ0n) is 9.01. The number of aryl methyl sites for hydroxylation is 2. The molecule has 0 radical (unpaired) electrons. The lowest BCUT2D eigenvalue weighted by Crippen LogP contribution is -2.03. The van der Waals surface area contributed by atoms with Gasteiger partial charge in [-0.25, -0.2) is 0 Å². The number of rotatable bonds is 1. The van der Waals surface area contributed by atoms with E-state index in [0.29, 0.717) is 0 Å². The lowest BCUT2D eigenvalue weighted by molar-refractivity contribution is 0.826. The minimum Gasteiger partial charge on any atom is -0.361 e. The van der Waals surface area contributed by atoms with Crippen molar-refractivity contribution in [1.82, 2.24) is 4.98 Å². The van der Waals surface area contributed by atoms with Crippen molar-refractivity contribution in [2.24, 2.45) is 5.73 Å². The van der Waals surface area contributed by atoms with Crippen LogP contribution < -0.4 is 5.73 Å². The van der Waals surface area contributed by atoms with Gasteiger partial charge >= 0.3 is 0 Å². The second kappa shape index (κ2) is 3.11. The third-order valence-electron chi connectivity index (χ3n) is 3.42. The van der Waals surface area contributed by atoms with Crippen LogP contribution in [0.2, 0.25) is 0 Å². The van der Waals surface area contributed by atoms with E-state index in [4.69, 9.17) is 5.73 Å². The summed E-state index contributed by atoms with van der Waals surface area (Å²) < 4.78 is 0. The molecule has 0 bridgehead atoms. The molecular formula is C13H16N2. The first kappa shape index (κ1) is 8.98. The molecule has 1 unspecified atom stereocenters. The fourth-order valence-corrected chi connectivity index (χ4v) is 2.59. The van der Waals surface area contributed by atoms with Gasteiger partial charge in [0.1, 0.15) is 0 Å². The Hall–Kier alpha value is -1.28. The van der Waals surface area contributed by atoms with Crippen molar-refractivity contribution in [2.75, 3.05) is 0 Å². The van der Waals surface area contributed by atoms with E-state index in [1.54, 1.807) is 0 Å². The van der Waals surface area contributed by atoms with Crippen LogP contribution in [-0.2, 0) is 12.8 Å². The standard InChI is InChI=1S/C13H16N2/c1-8(14)12-7-15-13-6-10-4-2-3-9(10)5-11(12)13/h5-8,15H,2-4,14H2,1H3. The minimum atomic E-state index is 0.109. The molecule has 15 heavy (non-hydrogen) atoms. The number of benzene rings is 1. The van der Waals surface area contributed by atoms with Gasteiger partial charge in [0.25, 0.3) is 0 Å². The highest BCUT2D eigenvalue weighted by molar-refractivity contribution is 5.85. The predicted octanol–water partition coefficient (Wildman–Crippen LogP) is 2.68. The number of H-pyrrole nitrogens is 1. The quantitative estimate of drug-likeness (QED) is 0.730. The van der Waals surface area contributed by atoms with Crippen LogP contribution in [0.3, 0.4) is 0 Å². The molecule has 2 aromatic rings.